The first-order chi connectivity index (χ1) is 18.4. The molecule has 5 atom stereocenters. The molecule has 3 N–H and O–H groups in total. The summed E-state index contributed by atoms with van der Waals surface area (Å²) < 4.78 is 27.0. The molecular formula is C24H28N4O10S. The van der Waals surface area contributed by atoms with E-state index in [1.165, 1.54) is 6.92 Å². The largest absolute Gasteiger partial charge is 0.493 e. The normalized spacial score (nSPS) is 22.7. The summed E-state index contributed by atoms with van der Waals surface area (Å²) in [5.41, 5.74) is 1.68. The molecule has 210 valence electrons. The van der Waals surface area contributed by atoms with Gasteiger partial charge in [0.2, 0.25) is 11.0 Å². The van der Waals surface area contributed by atoms with Gasteiger partial charge >= 0.3 is 23.9 Å². The van der Waals surface area contributed by atoms with Crippen molar-refractivity contribution < 1.29 is 48.0 Å². The minimum Gasteiger partial charge on any atom is -0.493 e. The third-order valence-electron chi connectivity index (χ3n) is 5.49. The van der Waals surface area contributed by atoms with Crippen molar-refractivity contribution in [2.75, 3.05) is 6.61 Å². The number of ether oxygens (including phenoxy) is 5. The van der Waals surface area contributed by atoms with E-state index in [1.807, 2.05) is 13.0 Å². The zero-order chi connectivity index (χ0) is 28.9. The highest BCUT2D eigenvalue weighted by molar-refractivity contribution is 7.80. The summed E-state index contributed by atoms with van der Waals surface area (Å²) >= 11 is 5.27. The fraction of sp³-hybridized carbons (Fsp3) is 0.458. The summed E-state index contributed by atoms with van der Waals surface area (Å²) in [4.78, 5) is 50.0. The summed E-state index contributed by atoms with van der Waals surface area (Å²) in [6.07, 6.45) is -6.53. The number of fused-ring (bicyclic) bond motifs is 1. The van der Waals surface area contributed by atoms with Gasteiger partial charge in [-0.05, 0) is 24.7 Å². The number of aromatic amines is 1. The van der Waals surface area contributed by atoms with Gasteiger partial charge in [-0.1, -0.05) is 18.2 Å². The number of H-pyrrole nitrogens is 1. The Hall–Kier alpha value is -4.11. The van der Waals surface area contributed by atoms with Crippen LogP contribution in [0, 0.1) is 6.92 Å². The van der Waals surface area contributed by atoms with E-state index in [0.29, 0.717) is 10.9 Å². The van der Waals surface area contributed by atoms with Gasteiger partial charge in [-0.25, -0.2) is 0 Å². The number of aromatic nitrogens is 1. The molecule has 3 rings (SSSR count). The number of nitrogens with zero attached hydrogens (tertiary/aromatic N) is 2. The number of carbonyl (C=O) groups excluding carboxylic acids is 4. The number of hydrogen-bond donors (Lipinski definition) is 3. The summed E-state index contributed by atoms with van der Waals surface area (Å²) in [7, 11) is 0. The van der Waals surface area contributed by atoms with Gasteiger partial charge in [-0.15, -0.1) is 10.2 Å². The van der Waals surface area contributed by atoms with Crippen molar-refractivity contribution in [3.05, 3.63) is 23.8 Å². The Bertz CT molecular complexity index is 1310. The quantitative estimate of drug-likeness (QED) is 0.193. The van der Waals surface area contributed by atoms with E-state index in [4.69, 9.17) is 35.9 Å². The van der Waals surface area contributed by atoms with Crippen molar-refractivity contribution in [1.82, 2.24) is 10.3 Å². The number of thiocarbonyl (C=S) groups is 1. The van der Waals surface area contributed by atoms with E-state index in [9.17, 15) is 24.3 Å². The maximum Gasteiger partial charge on any atom is 0.303 e. The van der Waals surface area contributed by atoms with Gasteiger partial charge in [0.1, 0.15) is 12.7 Å². The van der Waals surface area contributed by atoms with Crippen LogP contribution in [0.4, 0.5) is 5.69 Å². The van der Waals surface area contributed by atoms with Crippen molar-refractivity contribution in [1.29, 1.82) is 0 Å². The standard InChI is InChI=1S/C24H28N4O10S/c1-10-7-6-8-15-17(10)25-22(33)18(15)27-28-24(39)26-23-21(37-14(5)32)20(36-13(4)31)19(35-12(3)30)16(38-23)9-34-11(2)29/h6-8,16,19-21,23,25,33H,9H2,1-5H3,(H,26,39)/t16-,19-,20+,21-,23-/m1/s1. The highest BCUT2D eigenvalue weighted by Crippen LogP contribution is 2.36. The van der Waals surface area contributed by atoms with Crippen LogP contribution < -0.4 is 5.32 Å². The van der Waals surface area contributed by atoms with Gasteiger partial charge in [0, 0.05) is 33.1 Å². The third kappa shape index (κ3) is 7.48. The van der Waals surface area contributed by atoms with E-state index < -0.39 is 61.1 Å². The minimum atomic E-state index is -1.37. The van der Waals surface area contributed by atoms with Crippen LogP contribution in [0.5, 0.6) is 5.88 Å². The molecule has 14 nitrogen and oxygen atoms in total. The number of nitrogens with one attached hydrogen (secondary N) is 2. The highest BCUT2D eigenvalue weighted by Gasteiger charge is 2.52. The Morgan fingerprint density at radius 2 is 1.62 bits per heavy atom. The van der Waals surface area contributed by atoms with Crippen molar-refractivity contribution >= 4 is 57.8 Å². The molecule has 1 aliphatic rings. The first-order valence-corrected chi connectivity index (χ1v) is 12.1. The molecule has 1 aromatic heterocycles. The van der Waals surface area contributed by atoms with Crippen LogP contribution in [0.25, 0.3) is 10.9 Å². The maximum absolute atomic E-state index is 11.9. The summed E-state index contributed by atoms with van der Waals surface area (Å²) in [6, 6.07) is 5.39. The Kier molecular flexibility index (Phi) is 9.53. The van der Waals surface area contributed by atoms with Crippen molar-refractivity contribution in [3.63, 3.8) is 0 Å². The number of carbonyl (C=O) groups is 4. The van der Waals surface area contributed by atoms with Gasteiger partial charge in [-0.2, -0.15) is 0 Å². The molecule has 0 radical (unpaired) electrons. The molecule has 15 heteroatoms. The molecule has 1 fully saturated rings. The summed E-state index contributed by atoms with van der Waals surface area (Å²) in [6.45, 7) is 5.98. The van der Waals surface area contributed by atoms with Crippen LogP contribution in [0.3, 0.4) is 0 Å². The highest BCUT2D eigenvalue weighted by atomic mass is 32.1. The number of rotatable bonds is 7. The first kappa shape index (κ1) is 29.4. The SMILES string of the molecule is CC(=O)OC[C@H]1O[C@@H](NC(=S)N=Nc2c(O)[nH]c3c(C)cccc23)[C@H](OC(C)=O)[C@@H](OC(C)=O)[C@@H]1OC(C)=O. The fourth-order valence-corrected chi connectivity index (χ4v) is 4.18. The molecule has 1 aromatic carbocycles. The average molecular weight is 565 g/mol. The van der Waals surface area contributed by atoms with Gasteiger partial charge in [0.25, 0.3) is 0 Å². The van der Waals surface area contributed by atoms with E-state index >= 15 is 0 Å². The molecule has 39 heavy (non-hydrogen) atoms. The molecule has 1 saturated heterocycles. The molecule has 0 bridgehead atoms. The Labute approximate surface area is 228 Å². The third-order valence-corrected chi connectivity index (χ3v) is 5.69. The zero-order valence-electron chi connectivity index (χ0n) is 21.8. The van der Waals surface area contributed by atoms with Crippen molar-refractivity contribution in [3.8, 4) is 5.88 Å². The lowest BCUT2D eigenvalue weighted by Gasteiger charge is -2.44. The second kappa shape index (κ2) is 12.6. The molecule has 0 unspecified atom stereocenters. The summed E-state index contributed by atoms with van der Waals surface area (Å²) in [5.74, 6) is -3.15. The van der Waals surface area contributed by atoms with Gasteiger partial charge in [-0.3, -0.25) is 19.2 Å². The monoisotopic (exact) mass is 564 g/mol. The minimum absolute atomic E-state index is 0.138. The first-order valence-electron chi connectivity index (χ1n) is 11.7. The molecule has 0 spiro atoms. The van der Waals surface area contributed by atoms with E-state index in [1.54, 1.807) is 12.1 Å². The molecular weight excluding hydrogens is 536 g/mol. The maximum atomic E-state index is 11.9. The number of aromatic hydroxyl groups is 1. The lowest BCUT2D eigenvalue weighted by molar-refractivity contribution is -0.254. The van der Waals surface area contributed by atoms with Crippen molar-refractivity contribution in [2.45, 2.75) is 65.3 Å². The number of hydrogen-bond acceptors (Lipinski definition) is 12. The van der Waals surface area contributed by atoms with Crippen molar-refractivity contribution in [2.24, 2.45) is 10.2 Å². The number of benzene rings is 1. The molecule has 2 heterocycles. The topological polar surface area (TPSA) is 187 Å². The lowest BCUT2D eigenvalue weighted by atomic mass is 9.97. The van der Waals surface area contributed by atoms with Crippen LogP contribution in [0.15, 0.2) is 28.4 Å². The number of azo groups is 1. The second-order valence-electron chi connectivity index (χ2n) is 8.59. The van der Waals surface area contributed by atoms with Gasteiger partial charge in [0.15, 0.2) is 30.2 Å². The van der Waals surface area contributed by atoms with Crippen LogP contribution in [-0.2, 0) is 42.9 Å². The molecule has 0 aliphatic carbocycles. The van der Waals surface area contributed by atoms with E-state index in [-0.39, 0.29) is 16.7 Å². The summed E-state index contributed by atoms with van der Waals surface area (Å²) in [5, 5.41) is 21.3. The second-order valence-corrected chi connectivity index (χ2v) is 8.98. The number of esters is 4. The predicted octanol–water partition coefficient (Wildman–Crippen LogP) is 2.22. The zero-order valence-corrected chi connectivity index (χ0v) is 22.6. The van der Waals surface area contributed by atoms with Crippen LogP contribution >= 0.6 is 12.2 Å². The molecule has 0 amide bonds. The smallest absolute Gasteiger partial charge is 0.303 e. The Balaban J connectivity index is 1.92. The van der Waals surface area contributed by atoms with E-state index in [2.05, 4.69) is 20.5 Å². The predicted molar refractivity (Wildman–Crippen MR) is 137 cm³/mol. The van der Waals surface area contributed by atoms with Crippen LogP contribution in [-0.4, -0.2) is 76.3 Å². The molecule has 1 aliphatic heterocycles. The number of aryl methyl sites for hydroxylation is 1. The van der Waals surface area contributed by atoms with Gasteiger partial charge < -0.3 is 39.1 Å². The lowest BCUT2D eigenvalue weighted by Crippen LogP contribution is -2.66. The fourth-order valence-electron chi connectivity index (χ4n) is 4.03. The molecule has 0 saturated carbocycles. The Morgan fingerprint density at radius 3 is 2.23 bits per heavy atom. The van der Waals surface area contributed by atoms with E-state index in [0.717, 1.165) is 26.3 Å². The van der Waals surface area contributed by atoms with Gasteiger partial charge in [0.05, 0.1) is 5.52 Å². The van der Waals surface area contributed by atoms with Crippen LogP contribution in [0.2, 0.25) is 0 Å². The number of para-hydroxylation sites is 1. The average Bonchev–Trinajstić information content (AvgIpc) is 3.15. The van der Waals surface area contributed by atoms with Crippen LogP contribution in [0.1, 0.15) is 33.3 Å². The molecule has 2 aromatic rings. The Morgan fingerprint density at radius 1 is 1.00 bits per heavy atom.